The van der Waals surface area contributed by atoms with Crippen LogP contribution < -0.4 is 4.74 Å². The monoisotopic (exact) mass is 461 g/mol. The van der Waals surface area contributed by atoms with E-state index >= 15 is 0 Å². The van der Waals surface area contributed by atoms with Crippen molar-refractivity contribution in [1.29, 1.82) is 0 Å². The largest absolute Gasteiger partial charge is 0.494 e. The van der Waals surface area contributed by atoms with Gasteiger partial charge in [-0.05, 0) is 60.6 Å². The first kappa shape index (κ1) is 23.4. The van der Waals surface area contributed by atoms with Gasteiger partial charge in [0.2, 0.25) is 5.91 Å². The lowest BCUT2D eigenvalue weighted by atomic mass is 9.94. The van der Waals surface area contributed by atoms with Gasteiger partial charge in [-0.15, -0.1) is 0 Å². The Hall–Kier alpha value is -2.37. The van der Waals surface area contributed by atoms with Gasteiger partial charge in [-0.3, -0.25) is 14.6 Å². The number of piperazine rings is 1. The molecule has 0 unspecified atom stereocenters. The lowest BCUT2D eigenvalue weighted by Crippen LogP contribution is -2.54. The molecule has 34 heavy (non-hydrogen) atoms. The van der Waals surface area contributed by atoms with Crippen LogP contribution in [0.4, 0.5) is 0 Å². The van der Waals surface area contributed by atoms with Gasteiger partial charge in [0.25, 0.3) is 0 Å². The summed E-state index contributed by atoms with van der Waals surface area (Å²) in [6.45, 7) is 8.95. The van der Waals surface area contributed by atoms with Crippen LogP contribution in [-0.2, 0) is 17.8 Å². The Morgan fingerprint density at radius 2 is 1.62 bits per heavy atom. The first-order valence-electron chi connectivity index (χ1n) is 13.3. The van der Waals surface area contributed by atoms with Crippen LogP contribution in [0.2, 0.25) is 0 Å². The fraction of sp³-hybridized carbons (Fsp3) is 0.552. The third-order valence-electron chi connectivity index (χ3n) is 7.91. The first-order chi connectivity index (χ1) is 16.7. The molecular weight excluding hydrogens is 422 g/mol. The number of benzene rings is 2. The van der Waals surface area contributed by atoms with E-state index in [2.05, 4.69) is 45.0 Å². The molecule has 3 aliphatic rings. The van der Waals surface area contributed by atoms with E-state index in [0.717, 1.165) is 57.5 Å². The second-order valence-corrected chi connectivity index (χ2v) is 10.1. The number of carbonyl (C=O) groups excluding carboxylic acids is 1. The quantitative estimate of drug-likeness (QED) is 0.631. The maximum atomic E-state index is 13.0. The molecule has 0 N–H and O–H groups in total. The Morgan fingerprint density at radius 3 is 2.35 bits per heavy atom. The highest BCUT2D eigenvalue weighted by molar-refractivity contribution is 5.78. The molecular formula is C29H39N3O2. The number of ether oxygens (including phenoxy) is 1. The predicted octanol–water partition coefficient (Wildman–Crippen LogP) is 4.59. The first-order valence-corrected chi connectivity index (χ1v) is 13.3. The molecule has 0 radical (unpaired) electrons. The van der Waals surface area contributed by atoms with E-state index in [1.165, 1.54) is 54.4 Å². The molecule has 5 rings (SSSR count). The Balaban J connectivity index is 1.13. The van der Waals surface area contributed by atoms with Crippen LogP contribution in [0.3, 0.4) is 0 Å². The molecule has 1 aliphatic carbocycles. The zero-order valence-electron chi connectivity index (χ0n) is 20.7. The molecule has 0 spiro atoms. The zero-order valence-corrected chi connectivity index (χ0v) is 20.7. The number of amides is 1. The van der Waals surface area contributed by atoms with E-state index < -0.39 is 0 Å². The summed E-state index contributed by atoms with van der Waals surface area (Å²) >= 11 is 0. The van der Waals surface area contributed by atoms with Crippen molar-refractivity contribution in [3.63, 3.8) is 0 Å². The highest BCUT2D eigenvalue weighted by Gasteiger charge is 2.28. The van der Waals surface area contributed by atoms with Crippen LogP contribution in [0.25, 0.3) is 11.1 Å². The number of hydrogen-bond acceptors (Lipinski definition) is 4. The predicted molar refractivity (Wildman–Crippen MR) is 137 cm³/mol. The highest BCUT2D eigenvalue weighted by atomic mass is 16.5. The summed E-state index contributed by atoms with van der Waals surface area (Å²) in [6, 6.07) is 15.9. The van der Waals surface area contributed by atoms with Crippen molar-refractivity contribution in [2.24, 2.45) is 0 Å². The molecule has 2 fully saturated rings. The fourth-order valence-corrected chi connectivity index (χ4v) is 5.91. The fourth-order valence-electron chi connectivity index (χ4n) is 5.91. The Bertz CT molecular complexity index is 960. The Labute approximate surface area is 204 Å². The van der Waals surface area contributed by atoms with Crippen molar-refractivity contribution in [3.8, 4) is 16.9 Å². The van der Waals surface area contributed by atoms with Gasteiger partial charge in [0.05, 0.1) is 13.2 Å². The van der Waals surface area contributed by atoms with Gasteiger partial charge in [-0.25, -0.2) is 0 Å². The second-order valence-electron chi connectivity index (χ2n) is 10.1. The summed E-state index contributed by atoms with van der Waals surface area (Å²) in [5, 5.41) is 0. The van der Waals surface area contributed by atoms with Gasteiger partial charge in [-0.2, -0.15) is 0 Å². The van der Waals surface area contributed by atoms with Crippen molar-refractivity contribution < 1.29 is 9.53 Å². The van der Waals surface area contributed by atoms with Crippen LogP contribution in [0.1, 0.15) is 50.2 Å². The molecule has 2 aromatic rings. The summed E-state index contributed by atoms with van der Waals surface area (Å²) in [4.78, 5) is 20.1. The van der Waals surface area contributed by atoms with Crippen molar-refractivity contribution in [1.82, 2.24) is 14.7 Å². The standard InChI is InChI=1S/C29H39N3O2/c1-2-34-28-12-10-23(11-13-28)24-8-9-26-21-30(15-14-25(26)20-24)22-29(33)32-18-16-31(17-19-32)27-6-4-3-5-7-27/h8-13,20,27H,2-7,14-19,21-22H2,1H3. The maximum Gasteiger partial charge on any atom is 0.236 e. The third kappa shape index (κ3) is 5.47. The van der Waals surface area contributed by atoms with E-state index in [1.807, 2.05) is 19.1 Å². The average Bonchev–Trinajstić information content (AvgIpc) is 2.89. The van der Waals surface area contributed by atoms with Crippen LogP contribution >= 0.6 is 0 Å². The lowest BCUT2D eigenvalue weighted by molar-refractivity contribution is -0.134. The number of fused-ring (bicyclic) bond motifs is 1. The number of carbonyl (C=O) groups is 1. The maximum absolute atomic E-state index is 13.0. The molecule has 2 heterocycles. The molecule has 0 bridgehead atoms. The van der Waals surface area contributed by atoms with E-state index in [1.54, 1.807) is 0 Å². The highest BCUT2D eigenvalue weighted by Crippen LogP contribution is 2.28. The molecule has 1 saturated carbocycles. The van der Waals surface area contributed by atoms with Crippen molar-refractivity contribution in [2.45, 2.75) is 58.0 Å². The van der Waals surface area contributed by atoms with E-state index in [4.69, 9.17) is 4.74 Å². The molecule has 1 amide bonds. The van der Waals surface area contributed by atoms with Crippen molar-refractivity contribution in [3.05, 3.63) is 53.6 Å². The summed E-state index contributed by atoms with van der Waals surface area (Å²) in [7, 11) is 0. The molecule has 2 aliphatic heterocycles. The minimum absolute atomic E-state index is 0.303. The van der Waals surface area contributed by atoms with Crippen molar-refractivity contribution >= 4 is 5.91 Å². The molecule has 182 valence electrons. The molecule has 5 nitrogen and oxygen atoms in total. The third-order valence-corrected chi connectivity index (χ3v) is 7.91. The lowest BCUT2D eigenvalue weighted by Gasteiger charge is -2.41. The van der Waals surface area contributed by atoms with Crippen LogP contribution in [0, 0.1) is 0 Å². The van der Waals surface area contributed by atoms with Gasteiger partial charge in [0.1, 0.15) is 5.75 Å². The zero-order chi connectivity index (χ0) is 23.3. The molecule has 5 heteroatoms. The van der Waals surface area contributed by atoms with Gasteiger partial charge in [-0.1, -0.05) is 49.6 Å². The summed E-state index contributed by atoms with van der Waals surface area (Å²) in [6.07, 6.45) is 7.85. The second kappa shape index (κ2) is 10.9. The van der Waals surface area contributed by atoms with Gasteiger partial charge >= 0.3 is 0 Å². The number of hydrogen-bond donors (Lipinski definition) is 0. The minimum Gasteiger partial charge on any atom is -0.494 e. The van der Waals surface area contributed by atoms with Crippen LogP contribution in [0.5, 0.6) is 5.75 Å². The summed E-state index contributed by atoms with van der Waals surface area (Å²) < 4.78 is 5.57. The number of rotatable bonds is 6. The van der Waals surface area contributed by atoms with E-state index in [9.17, 15) is 4.79 Å². The molecule has 0 atom stereocenters. The van der Waals surface area contributed by atoms with Crippen LogP contribution in [0.15, 0.2) is 42.5 Å². The average molecular weight is 462 g/mol. The smallest absolute Gasteiger partial charge is 0.236 e. The minimum atomic E-state index is 0.303. The Morgan fingerprint density at radius 1 is 0.882 bits per heavy atom. The SMILES string of the molecule is CCOc1ccc(-c2ccc3c(c2)CCN(CC(=O)N2CCN(C4CCCCC4)CC2)C3)cc1. The molecule has 1 saturated heterocycles. The summed E-state index contributed by atoms with van der Waals surface area (Å²) in [5.74, 6) is 1.22. The van der Waals surface area contributed by atoms with Gasteiger partial charge < -0.3 is 9.64 Å². The van der Waals surface area contributed by atoms with E-state index in [0.29, 0.717) is 19.1 Å². The van der Waals surface area contributed by atoms with Gasteiger partial charge in [0.15, 0.2) is 0 Å². The van der Waals surface area contributed by atoms with Crippen molar-refractivity contribution in [2.75, 3.05) is 45.9 Å². The topological polar surface area (TPSA) is 36.0 Å². The van der Waals surface area contributed by atoms with E-state index in [-0.39, 0.29) is 0 Å². The normalized spacial score (nSPS) is 20.2. The van der Waals surface area contributed by atoms with Crippen LogP contribution in [-0.4, -0.2) is 72.5 Å². The molecule has 0 aromatic heterocycles. The molecule has 2 aromatic carbocycles. The van der Waals surface area contributed by atoms with Gasteiger partial charge in [0, 0.05) is 45.3 Å². The number of nitrogens with zero attached hydrogens (tertiary/aromatic N) is 3. The Kier molecular flexibility index (Phi) is 7.51. The summed E-state index contributed by atoms with van der Waals surface area (Å²) in [5.41, 5.74) is 5.24.